The molecule has 3 heteroatoms. The fraction of sp³-hybridized carbons (Fsp3) is 0.125. The molecule has 55 valence electrons. The number of rotatable bonds is 0. The Hall–Kier alpha value is -0.306. The molecule has 0 N–H and O–H groups in total. The summed E-state index contributed by atoms with van der Waals surface area (Å²) in [5.41, 5.74) is 4.09. The van der Waals surface area contributed by atoms with Crippen molar-refractivity contribution < 1.29 is 18.6 Å². The first-order valence-corrected chi connectivity index (χ1v) is 3.96. The van der Waals surface area contributed by atoms with Gasteiger partial charge in [-0.05, 0) is 5.52 Å². The summed E-state index contributed by atoms with van der Waals surface area (Å²) in [6.07, 6.45) is 0. The normalized spacial score (nSPS) is 9.55. The van der Waals surface area contributed by atoms with Gasteiger partial charge in [-0.3, -0.25) is 4.98 Å². The van der Waals surface area contributed by atoms with Gasteiger partial charge in [-0.15, -0.1) is 6.07 Å². The van der Waals surface area contributed by atoms with Crippen molar-refractivity contribution in [2.45, 2.75) is 6.92 Å². The zero-order valence-corrected chi connectivity index (χ0v) is 8.25. The van der Waals surface area contributed by atoms with Gasteiger partial charge in [0.15, 0.2) is 0 Å². The van der Waals surface area contributed by atoms with Crippen LogP contribution in [0.4, 0.5) is 0 Å². The molecular formula is C8H6NSV-. The van der Waals surface area contributed by atoms with E-state index in [1.165, 1.54) is 4.70 Å². The third-order valence-corrected chi connectivity index (χ3v) is 2.20. The van der Waals surface area contributed by atoms with E-state index in [0.29, 0.717) is 0 Å². The van der Waals surface area contributed by atoms with Crippen molar-refractivity contribution in [3.05, 3.63) is 29.3 Å². The van der Waals surface area contributed by atoms with Crippen LogP contribution < -0.4 is 0 Å². The summed E-state index contributed by atoms with van der Waals surface area (Å²) in [6.45, 7) is 2.03. The molecule has 0 saturated carbocycles. The Bertz CT molecular complexity index is 356. The molecule has 0 unspecified atom stereocenters. The Morgan fingerprint density at radius 3 is 3.18 bits per heavy atom. The van der Waals surface area contributed by atoms with E-state index in [1.54, 1.807) is 11.3 Å². The molecular weight excluding hydrogens is 193 g/mol. The van der Waals surface area contributed by atoms with E-state index in [0.717, 1.165) is 11.1 Å². The van der Waals surface area contributed by atoms with Crippen LogP contribution in [0.15, 0.2) is 17.6 Å². The molecule has 0 saturated heterocycles. The maximum atomic E-state index is 4.18. The topological polar surface area (TPSA) is 12.9 Å². The molecule has 1 radical (unpaired) electrons. The summed E-state index contributed by atoms with van der Waals surface area (Å²) in [7, 11) is 0. The van der Waals surface area contributed by atoms with Crippen LogP contribution >= 0.6 is 11.3 Å². The monoisotopic (exact) mass is 199 g/mol. The van der Waals surface area contributed by atoms with Gasteiger partial charge >= 0.3 is 0 Å². The summed E-state index contributed by atoms with van der Waals surface area (Å²) in [6, 6.07) is 7.17. The smallest absolute Gasteiger partial charge is 0.0657 e. The maximum absolute atomic E-state index is 4.18. The van der Waals surface area contributed by atoms with Gasteiger partial charge in [0.05, 0.1) is 5.51 Å². The number of thiazole rings is 1. The molecule has 0 aliphatic carbocycles. The van der Waals surface area contributed by atoms with Crippen LogP contribution in [-0.2, 0) is 18.6 Å². The first-order valence-electron chi connectivity index (χ1n) is 3.08. The molecule has 0 aliphatic rings. The molecule has 1 heterocycles. The van der Waals surface area contributed by atoms with Gasteiger partial charge in [-0.1, -0.05) is 11.6 Å². The number of benzene rings is 1. The average molecular weight is 199 g/mol. The molecule has 0 amide bonds. The molecule has 0 fully saturated rings. The Kier molecular flexibility index (Phi) is 2.71. The summed E-state index contributed by atoms with van der Waals surface area (Å²) < 4.78 is 1.21. The van der Waals surface area contributed by atoms with Crippen LogP contribution in [0.2, 0.25) is 0 Å². The van der Waals surface area contributed by atoms with E-state index < -0.39 is 0 Å². The maximum Gasteiger partial charge on any atom is 0.0657 e. The van der Waals surface area contributed by atoms with Crippen molar-refractivity contribution in [1.82, 2.24) is 4.98 Å². The van der Waals surface area contributed by atoms with Gasteiger partial charge in [-0.2, -0.15) is 29.0 Å². The van der Waals surface area contributed by atoms with Crippen LogP contribution in [0.1, 0.15) is 5.56 Å². The van der Waals surface area contributed by atoms with Crippen LogP contribution in [0.25, 0.3) is 10.2 Å². The molecule has 1 aromatic heterocycles. The minimum absolute atomic E-state index is 0. The second-order valence-corrected chi connectivity index (χ2v) is 3.10. The van der Waals surface area contributed by atoms with Crippen LogP contribution in [0.3, 0.4) is 0 Å². The molecule has 1 nitrogen and oxygen atoms in total. The third kappa shape index (κ3) is 1.64. The van der Waals surface area contributed by atoms with Gasteiger partial charge in [-0.25, -0.2) is 0 Å². The Labute approximate surface area is 81.3 Å². The van der Waals surface area contributed by atoms with Crippen LogP contribution in [0, 0.1) is 13.0 Å². The van der Waals surface area contributed by atoms with Gasteiger partial charge in [0, 0.05) is 18.6 Å². The minimum atomic E-state index is 0. The number of hydrogen-bond acceptors (Lipinski definition) is 2. The Morgan fingerprint density at radius 1 is 1.55 bits per heavy atom. The number of fused-ring (bicyclic) bond motifs is 1. The number of aromatic nitrogens is 1. The molecule has 0 aliphatic heterocycles. The van der Waals surface area contributed by atoms with Crippen molar-refractivity contribution in [1.29, 1.82) is 0 Å². The third-order valence-electron chi connectivity index (χ3n) is 1.41. The molecule has 2 aromatic rings. The number of aryl methyl sites for hydroxylation is 1. The Balaban J connectivity index is 0.000000605. The first kappa shape index (κ1) is 8.79. The molecule has 0 spiro atoms. The van der Waals surface area contributed by atoms with Crippen LogP contribution in [0.5, 0.6) is 0 Å². The van der Waals surface area contributed by atoms with Crippen molar-refractivity contribution in [2.75, 3.05) is 0 Å². The predicted octanol–water partition coefficient (Wildman–Crippen LogP) is 2.40. The number of nitrogens with zero attached hydrogens (tertiary/aromatic N) is 1. The van der Waals surface area contributed by atoms with Gasteiger partial charge < -0.3 is 0 Å². The quantitative estimate of drug-likeness (QED) is 0.593. The first-order chi connectivity index (χ1) is 4.86. The molecule has 0 atom stereocenters. The zero-order chi connectivity index (χ0) is 6.97. The predicted molar refractivity (Wildman–Crippen MR) is 43.2 cm³/mol. The van der Waals surface area contributed by atoms with Gasteiger partial charge in [0.25, 0.3) is 0 Å². The fourth-order valence-electron chi connectivity index (χ4n) is 0.906. The van der Waals surface area contributed by atoms with E-state index in [-0.39, 0.29) is 18.6 Å². The van der Waals surface area contributed by atoms with E-state index in [1.807, 2.05) is 24.6 Å². The van der Waals surface area contributed by atoms with Crippen molar-refractivity contribution in [2.24, 2.45) is 0 Å². The summed E-state index contributed by atoms with van der Waals surface area (Å²) in [5, 5.41) is 0. The molecule has 2 rings (SSSR count). The zero-order valence-electron chi connectivity index (χ0n) is 6.03. The molecule has 1 aromatic carbocycles. The number of hydrogen-bond donors (Lipinski definition) is 0. The van der Waals surface area contributed by atoms with Crippen molar-refractivity contribution in [3.8, 4) is 0 Å². The van der Waals surface area contributed by atoms with Crippen LogP contribution in [-0.4, -0.2) is 4.98 Å². The molecule has 0 bridgehead atoms. The largest absolute Gasteiger partial charge is 0.272 e. The minimum Gasteiger partial charge on any atom is -0.272 e. The summed E-state index contributed by atoms with van der Waals surface area (Å²) in [4.78, 5) is 4.18. The average Bonchev–Trinajstić information content (AvgIpc) is 2.33. The Morgan fingerprint density at radius 2 is 2.36 bits per heavy atom. The molecule has 11 heavy (non-hydrogen) atoms. The standard InChI is InChI=1S/C8H6NS.V/c1-6-2-3-8-7(4-6)9-5-10-8;/h3-5H,1H3;/q-1;. The van der Waals surface area contributed by atoms with Gasteiger partial charge in [0.2, 0.25) is 0 Å². The van der Waals surface area contributed by atoms with Crippen molar-refractivity contribution in [3.63, 3.8) is 0 Å². The van der Waals surface area contributed by atoms with E-state index >= 15 is 0 Å². The van der Waals surface area contributed by atoms with Crippen molar-refractivity contribution >= 4 is 21.6 Å². The second-order valence-electron chi connectivity index (χ2n) is 2.22. The van der Waals surface area contributed by atoms with E-state index in [4.69, 9.17) is 0 Å². The fourth-order valence-corrected chi connectivity index (χ4v) is 1.55. The summed E-state index contributed by atoms with van der Waals surface area (Å²) in [5.74, 6) is 0. The SMILES string of the molecule is Cc1[c-]cc2scnc2c1.[V]. The summed E-state index contributed by atoms with van der Waals surface area (Å²) >= 11 is 1.65. The second kappa shape index (κ2) is 3.39. The van der Waals surface area contributed by atoms with E-state index in [2.05, 4.69) is 11.1 Å². The van der Waals surface area contributed by atoms with E-state index in [9.17, 15) is 0 Å². The van der Waals surface area contributed by atoms with Gasteiger partial charge in [0.1, 0.15) is 0 Å².